The summed E-state index contributed by atoms with van der Waals surface area (Å²) in [5.41, 5.74) is 5.23. The Bertz CT molecular complexity index is 531. The summed E-state index contributed by atoms with van der Waals surface area (Å²) in [4.78, 5) is 25.9. The van der Waals surface area contributed by atoms with Crippen molar-refractivity contribution < 1.29 is 14.7 Å². The highest BCUT2D eigenvalue weighted by Crippen LogP contribution is 2.24. The van der Waals surface area contributed by atoms with E-state index in [9.17, 15) is 9.59 Å². The standard InChI is InChI=1S/C15H20N2O3S/c16-14(18)9-11-5-7-17(8-6-11)10-13-2-1-12(21-13)3-4-15(19)20/h1-4,11H,5-10H2,(H2,16,18)(H,19,20). The van der Waals surface area contributed by atoms with Gasteiger partial charge in [-0.3, -0.25) is 9.69 Å². The molecular formula is C15H20N2O3S. The Labute approximate surface area is 128 Å². The Morgan fingerprint density at radius 3 is 2.71 bits per heavy atom. The third-order valence-electron chi connectivity index (χ3n) is 3.65. The molecule has 1 saturated heterocycles. The fraction of sp³-hybridized carbons (Fsp3) is 0.467. The van der Waals surface area contributed by atoms with E-state index in [-0.39, 0.29) is 5.91 Å². The average Bonchev–Trinajstić information content (AvgIpc) is 2.86. The van der Waals surface area contributed by atoms with E-state index in [0.717, 1.165) is 43.4 Å². The maximum absolute atomic E-state index is 10.9. The number of carbonyl (C=O) groups excluding carboxylic acids is 1. The second kappa shape index (κ2) is 7.38. The van der Waals surface area contributed by atoms with Crippen LogP contribution in [0, 0.1) is 5.92 Å². The summed E-state index contributed by atoms with van der Waals surface area (Å²) in [6.07, 6.45) is 5.30. The van der Waals surface area contributed by atoms with E-state index in [2.05, 4.69) is 4.90 Å². The second-order valence-electron chi connectivity index (χ2n) is 5.37. The molecule has 6 heteroatoms. The molecule has 0 unspecified atom stereocenters. The van der Waals surface area contributed by atoms with E-state index in [0.29, 0.717) is 12.3 Å². The number of aliphatic carboxylic acids is 1. The number of rotatable bonds is 6. The van der Waals surface area contributed by atoms with E-state index in [1.54, 1.807) is 17.4 Å². The molecule has 2 rings (SSSR count). The van der Waals surface area contributed by atoms with Gasteiger partial charge in [-0.1, -0.05) is 0 Å². The molecule has 3 N–H and O–H groups in total. The summed E-state index contributed by atoms with van der Waals surface area (Å²) in [7, 11) is 0. The first kappa shape index (κ1) is 15.7. The van der Waals surface area contributed by atoms with Crippen LogP contribution >= 0.6 is 11.3 Å². The fourth-order valence-corrected chi connectivity index (χ4v) is 3.53. The third-order valence-corrected chi connectivity index (χ3v) is 4.68. The first-order chi connectivity index (χ1) is 10.0. The predicted octanol–water partition coefficient (Wildman–Crippen LogP) is 1.93. The Hall–Kier alpha value is -1.66. The van der Waals surface area contributed by atoms with E-state index in [1.165, 1.54) is 4.88 Å². The monoisotopic (exact) mass is 308 g/mol. The topological polar surface area (TPSA) is 83.6 Å². The van der Waals surface area contributed by atoms with Crippen LogP contribution in [-0.4, -0.2) is 35.0 Å². The van der Waals surface area contributed by atoms with Gasteiger partial charge in [-0.2, -0.15) is 0 Å². The molecule has 0 atom stereocenters. The Morgan fingerprint density at radius 1 is 1.38 bits per heavy atom. The van der Waals surface area contributed by atoms with Crippen molar-refractivity contribution in [2.45, 2.75) is 25.8 Å². The van der Waals surface area contributed by atoms with Crippen LogP contribution in [0.4, 0.5) is 0 Å². The molecule has 1 aliphatic heterocycles. The minimum absolute atomic E-state index is 0.207. The number of likely N-dealkylation sites (tertiary alicyclic amines) is 1. The molecule has 0 bridgehead atoms. The number of piperidine rings is 1. The van der Waals surface area contributed by atoms with Crippen molar-refractivity contribution in [3.05, 3.63) is 28.0 Å². The van der Waals surface area contributed by atoms with Crippen LogP contribution in [0.25, 0.3) is 6.08 Å². The third kappa shape index (κ3) is 5.32. The van der Waals surface area contributed by atoms with Gasteiger partial charge in [-0.05, 0) is 50.1 Å². The summed E-state index contributed by atoms with van der Waals surface area (Å²) >= 11 is 1.61. The van der Waals surface area contributed by atoms with Gasteiger partial charge in [-0.25, -0.2) is 4.79 Å². The Kier molecular flexibility index (Phi) is 5.52. The van der Waals surface area contributed by atoms with E-state index in [4.69, 9.17) is 10.8 Å². The molecule has 2 heterocycles. The predicted molar refractivity (Wildman–Crippen MR) is 82.8 cm³/mol. The van der Waals surface area contributed by atoms with Crippen molar-refractivity contribution in [3.63, 3.8) is 0 Å². The van der Waals surface area contributed by atoms with Crippen LogP contribution in [-0.2, 0) is 16.1 Å². The average molecular weight is 308 g/mol. The van der Waals surface area contributed by atoms with Gasteiger partial charge in [0.2, 0.25) is 5.91 Å². The summed E-state index contributed by atoms with van der Waals surface area (Å²) in [6.45, 7) is 2.85. The zero-order chi connectivity index (χ0) is 15.2. The SMILES string of the molecule is NC(=O)CC1CCN(Cc2ccc(C=CC(=O)O)s2)CC1. The van der Waals surface area contributed by atoms with Gasteiger partial charge in [0.25, 0.3) is 0 Å². The molecule has 0 spiro atoms. The van der Waals surface area contributed by atoms with Gasteiger partial charge in [0.05, 0.1) is 0 Å². The quantitative estimate of drug-likeness (QED) is 0.787. The summed E-state index contributed by atoms with van der Waals surface area (Å²) in [6, 6.07) is 3.99. The molecule has 114 valence electrons. The zero-order valence-corrected chi connectivity index (χ0v) is 12.6. The fourth-order valence-electron chi connectivity index (χ4n) is 2.58. The van der Waals surface area contributed by atoms with Gasteiger partial charge in [0.15, 0.2) is 0 Å². The number of amides is 1. The number of thiophene rings is 1. The van der Waals surface area contributed by atoms with Crippen LogP contribution in [0.15, 0.2) is 18.2 Å². The van der Waals surface area contributed by atoms with Crippen molar-refractivity contribution in [1.82, 2.24) is 4.90 Å². The number of carbonyl (C=O) groups is 2. The highest BCUT2D eigenvalue weighted by atomic mass is 32.1. The lowest BCUT2D eigenvalue weighted by atomic mass is 9.93. The highest BCUT2D eigenvalue weighted by molar-refractivity contribution is 7.12. The van der Waals surface area contributed by atoms with Gasteiger partial charge in [-0.15, -0.1) is 11.3 Å². The van der Waals surface area contributed by atoms with Gasteiger partial charge in [0.1, 0.15) is 0 Å². The summed E-state index contributed by atoms with van der Waals surface area (Å²) < 4.78 is 0. The number of carboxylic acid groups (broad SMARTS) is 1. The molecule has 0 aromatic carbocycles. The van der Waals surface area contributed by atoms with Crippen LogP contribution in [0.2, 0.25) is 0 Å². The summed E-state index contributed by atoms with van der Waals surface area (Å²) in [5.74, 6) is -0.709. The molecule has 5 nitrogen and oxygen atoms in total. The van der Waals surface area contributed by atoms with Crippen LogP contribution in [0.1, 0.15) is 29.0 Å². The van der Waals surface area contributed by atoms with Crippen LogP contribution < -0.4 is 5.73 Å². The smallest absolute Gasteiger partial charge is 0.328 e. The maximum Gasteiger partial charge on any atom is 0.328 e. The van der Waals surface area contributed by atoms with Crippen molar-refractivity contribution in [2.24, 2.45) is 11.7 Å². The van der Waals surface area contributed by atoms with E-state index in [1.807, 2.05) is 12.1 Å². The van der Waals surface area contributed by atoms with Crippen molar-refractivity contribution in [1.29, 1.82) is 0 Å². The Balaban J connectivity index is 1.81. The molecule has 21 heavy (non-hydrogen) atoms. The molecule has 1 fully saturated rings. The molecule has 1 amide bonds. The number of nitrogens with zero attached hydrogens (tertiary/aromatic N) is 1. The Morgan fingerprint density at radius 2 is 2.10 bits per heavy atom. The normalized spacial score (nSPS) is 17.3. The van der Waals surface area contributed by atoms with E-state index >= 15 is 0 Å². The molecule has 1 aromatic rings. The first-order valence-corrected chi connectivity index (χ1v) is 7.85. The second-order valence-corrected chi connectivity index (χ2v) is 6.57. The number of primary amides is 1. The number of hydrogen-bond donors (Lipinski definition) is 2. The molecule has 1 aromatic heterocycles. The summed E-state index contributed by atoms with van der Waals surface area (Å²) in [5, 5.41) is 8.61. The molecule has 0 aliphatic carbocycles. The number of hydrogen-bond acceptors (Lipinski definition) is 4. The van der Waals surface area contributed by atoms with Crippen LogP contribution in [0.3, 0.4) is 0 Å². The lowest BCUT2D eigenvalue weighted by molar-refractivity contribution is -0.131. The number of nitrogens with two attached hydrogens (primary N) is 1. The van der Waals surface area contributed by atoms with Crippen molar-refractivity contribution in [2.75, 3.05) is 13.1 Å². The van der Waals surface area contributed by atoms with Gasteiger partial charge in [0, 0.05) is 28.8 Å². The first-order valence-electron chi connectivity index (χ1n) is 7.03. The molecule has 0 saturated carbocycles. The van der Waals surface area contributed by atoms with Crippen LogP contribution in [0.5, 0.6) is 0 Å². The minimum atomic E-state index is -0.929. The molecule has 0 radical (unpaired) electrons. The maximum atomic E-state index is 10.9. The van der Waals surface area contributed by atoms with Crippen molar-refractivity contribution >= 4 is 29.3 Å². The van der Waals surface area contributed by atoms with Gasteiger partial charge < -0.3 is 10.8 Å². The molecular weight excluding hydrogens is 288 g/mol. The lowest BCUT2D eigenvalue weighted by Crippen LogP contribution is -2.34. The van der Waals surface area contributed by atoms with Crippen molar-refractivity contribution in [3.8, 4) is 0 Å². The van der Waals surface area contributed by atoms with Gasteiger partial charge >= 0.3 is 5.97 Å². The highest BCUT2D eigenvalue weighted by Gasteiger charge is 2.20. The largest absolute Gasteiger partial charge is 0.478 e. The lowest BCUT2D eigenvalue weighted by Gasteiger charge is -2.31. The minimum Gasteiger partial charge on any atom is -0.478 e. The zero-order valence-electron chi connectivity index (χ0n) is 11.8. The molecule has 1 aliphatic rings. The number of carboxylic acids is 1. The van der Waals surface area contributed by atoms with E-state index < -0.39 is 5.97 Å².